The number of hydrogen-bond donors (Lipinski definition) is 2. The number of carboxylic acids is 1. The zero-order chi connectivity index (χ0) is 15.6. The first-order chi connectivity index (χ1) is 9.77. The molecule has 1 aliphatic heterocycles. The predicted octanol–water partition coefficient (Wildman–Crippen LogP) is 2.34. The quantitative estimate of drug-likeness (QED) is 0.892. The van der Waals surface area contributed by atoms with Crippen molar-refractivity contribution in [3.63, 3.8) is 0 Å². The second-order valence-corrected chi connectivity index (χ2v) is 6.47. The van der Waals surface area contributed by atoms with Gasteiger partial charge in [-0.05, 0) is 28.7 Å². The van der Waals surface area contributed by atoms with Gasteiger partial charge in [-0.2, -0.15) is 0 Å². The first-order valence-electron chi connectivity index (χ1n) is 6.99. The molecule has 0 aromatic heterocycles. The molecule has 114 valence electrons. The molecule has 0 bridgehead atoms. The van der Waals surface area contributed by atoms with Gasteiger partial charge in [-0.15, -0.1) is 0 Å². The van der Waals surface area contributed by atoms with E-state index in [0.29, 0.717) is 18.8 Å². The molecular weight excluding hydrogens is 270 g/mol. The summed E-state index contributed by atoms with van der Waals surface area (Å²) < 4.78 is 5.33. The molecule has 1 aromatic rings. The summed E-state index contributed by atoms with van der Waals surface area (Å²) in [7, 11) is 0. The van der Waals surface area contributed by atoms with Gasteiger partial charge in [0.1, 0.15) is 0 Å². The van der Waals surface area contributed by atoms with Crippen LogP contribution in [0.5, 0.6) is 0 Å². The van der Waals surface area contributed by atoms with E-state index >= 15 is 0 Å². The molecule has 0 fully saturated rings. The van der Waals surface area contributed by atoms with E-state index in [4.69, 9.17) is 9.84 Å². The second kappa shape index (κ2) is 5.85. The Balaban J connectivity index is 2.13. The first-order valence-corrected chi connectivity index (χ1v) is 6.99. The molecule has 2 rings (SSSR count). The normalized spacial score (nSPS) is 15.4. The first kappa shape index (κ1) is 15.5. The van der Waals surface area contributed by atoms with Crippen molar-refractivity contribution in [1.82, 2.24) is 5.32 Å². The Hall–Kier alpha value is -1.88. The molecule has 0 radical (unpaired) electrons. The molecule has 0 saturated carbocycles. The number of fused-ring (bicyclic) bond motifs is 1. The van der Waals surface area contributed by atoms with Crippen LogP contribution in [-0.2, 0) is 22.7 Å². The maximum absolute atomic E-state index is 12.3. The fraction of sp³-hybridized carbons (Fsp3) is 0.500. The van der Waals surface area contributed by atoms with Crippen LogP contribution < -0.4 is 5.32 Å². The van der Waals surface area contributed by atoms with E-state index in [0.717, 1.165) is 11.1 Å². The Morgan fingerprint density at radius 2 is 1.95 bits per heavy atom. The van der Waals surface area contributed by atoms with E-state index in [9.17, 15) is 9.59 Å². The summed E-state index contributed by atoms with van der Waals surface area (Å²) in [6.45, 7) is 6.85. The maximum atomic E-state index is 12.3. The molecule has 1 aromatic carbocycles. The molecule has 1 amide bonds. The molecule has 1 unspecified atom stereocenters. The van der Waals surface area contributed by atoms with Crippen LogP contribution in [0.25, 0.3) is 0 Å². The fourth-order valence-electron chi connectivity index (χ4n) is 2.30. The van der Waals surface area contributed by atoms with Crippen LogP contribution in [0.2, 0.25) is 0 Å². The van der Waals surface area contributed by atoms with E-state index in [-0.39, 0.29) is 17.7 Å². The zero-order valence-corrected chi connectivity index (χ0v) is 12.6. The Bertz CT molecular complexity index is 560. The minimum absolute atomic E-state index is 0.0940. The summed E-state index contributed by atoms with van der Waals surface area (Å²) in [5.74, 6) is -1.16. The summed E-state index contributed by atoms with van der Waals surface area (Å²) in [5, 5.41) is 11.8. The third kappa shape index (κ3) is 3.82. The second-order valence-electron chi connectivity index (χ2n) is 6.47. The van der Waals surface area contributed by atoms with Gasteiger partial charge in [0.15, 0.2) is 0 Å². The molecule has 0 saturated heterocycles. The number of amides is 1. The molecular formula is C16H21NO4. The Morgan fingerprint density at radius 3 is 2.57 bits per heavy atom. The van der Waals surface area contributed by atoms with Crippen molar-refractivity contribution in [3.05, 3.63) is 34.9 Å². The lowest BCUT2D eigenvalue weighted by Gasteiger charge is -2.30. The third-order valence-electron chi connectivity index (χ3n) is 3.71. The highest BCUT2D eigenvalue weighted by atomic mass is 16.5. The number of carbonyl (C=O) groups is 2. The number of benzene rings is 1. The maximum Gasteiger partial charge on any atom is 0.305 e. The van der Waals surface area contributed by atoms with Gasteiger partial charge in [0, 0.05) is 11.6 Å². The fourth-order valence-corrected chi connectivity index (χ4v) is 2.30. The lowest BCUT2D eigenvalue weighted by molar-refractivity contribution is -0.138. The standard InChI is InChI=1S/C16H21NO4/c1-16(2,3)13(7-14(18)19)17-15(20)10-4-5-11-8-21-9-12(11)6-10/h4-6,13H,7-9H2,1-3H3,(H,17,20)(H,18,19). The van der Waals surface area contributed by atoms with E-state index in [1.165, 1.54) is 0 Å². The smallest absolute Gasteiger partial charge is 0.305 e. The molecule has 1 aliphatic rings. The summed E-state index contributed by atoms with van der Waals surface area (Å²) in [6.07, 6.45) is -0.0940. The molecule has 0 spiro atoms. The number of ether oxygens (including phenoxy) is 1. The highest BCUT2D eigenvalue weighted by Crippen LogP contribution is 2.24. The number of hydrogen-bond acceptors (Lipinski definition) is 3. The third-order valence-corrected chi connectivity index (χ3v) is 3.71. The minimum atomic E-state index is -0.919. The van der Waals surface area contributed by atoms with Crippen LogP contribution in [0.3, 0.4) is 0 Å². The highest BCUT2D eigenvalue weighted by molar-refractivity contribution is 5.95. The van der Waals surface area contributed by atoms with Crippen molar-refractivity contribution < 1.29 is 19.4 Å². The molecule has 1 atom stereocenters. The van der Waals surface area contributed by atoms with E-state index in [2.05, 4.69) is 5.32 Å². The van der Waals surface area contributed by atoms with Crippen LogP contribution in [0, 0.1) is 5.41 Å². The number of rotatable bonds is 4. The zero-order valence-electron chi connectivity index (χ0n) is 12.6. The molecule has 5 nitrogen and oxygen atoms in total. The predicted molar refractivity (Wildman–Crippen MR) is 77.9 cm³/mol. The summed E-state index contributed by atoms with van der Waals surface area (Å²) in [4.78, 5) is 23.3. The number of carboxylic acid groups (broad SMARTS) is 1. The van der Waals surface area contributed by atoms with Crippen LogP contribution in [0.1, 0.15) is 48.7 Å². The lowest BCUT2D eigenvalue weighted by atomic mass is 9.84. The van der Waals surface area contributed by atoms with Gasteiger partial charge in [-0.1, -0.05) is 26.8 Å². The molecule has 5 heteroatoms. The molecule has 2 N–H and O–H groups in total. The van der Waals surface area contributed by atoms with Crippen molar-refractivity contribution in [2.75, 3.05) is 0 Å². The van der Waals surface area contributed by atoms with Gasteiger partial charge in [0.05, 0.1) is 19.6 Å². The van der Waals surface area contributed by atoms with E-state index in [1.807, 2.05) is 32.9 Å². The average Bonchev–Trinajstić information content (AvgIpc) is 2.83. The molecule has 21 heavy (non-hydrogen) atoms. The Labute approximate surface area is 124 Å². The van der Waals surface area contributed by atoms with Gasteiger partial charge in [-0.25, -0.2) is 0 Å². The van der Waals surface area contributed by atoms with Gasteiger partial charge in [0.25, 0.3) is 5.91 Å². The van der Waals surface area contributed by atoms with Crippen molar-refractivity contribution in [1.29, 1.82) is 0 Å². The topological polar surface area (TPSA) is 75.6 Å². The van der Waals surface area contributed by atoms with Crippen molar-refractivity contribution >= 4 is 11.9 Å². The monoisotopic (exact) mass is 291 g/mol. The number of aliphatic carboxylic acids is 1. The van der Waals surface area contributed by atoms with Crippen LogP contribution >= 0.6 is 0 Å². The molecule has 0 aliphatic carbocycles. The summed E-state index contributed by atoms with van der Waals surface area (Å²) >= 11 is 0. The van der Waals surface area contributed by atoms with Gasteiger partial charge >= 0.3 is 5.97 Å². The van der Waals surface area contributed by atoms with Crippen LogP contribution in [0.15, 0.2) is 18.2 Å². The summed E-state index contributed by atoms with van der Waals surface area (Å²) in [6, 6.07) is 5.04. The minimum Gasteiger partial charge on any atom is -0.481 e. The Kier molecular flexibility index (Phi) is 4.32. The SMILES string of the molecule is CC(C)(C)C(CC(=O)O)NC(=O)c1ccc2c(c1)COC2. The number of carbonyl (C=O) groups excluding carboxylic acids is 1. The van der Waals surface area contributed by atoms with E-state index < -0.39 is 12.0 Å². The average molecular weight is 291 g/mol. The van der Waals surface area contributed by atoms with Gasteiger partial charge in [0.2, 0.25) is 0 Å². The number of nitrogens with one attached hydrogen (secondary N) is 1. The highest BCUT2D eigenvalue weighted by Gasteiger charge is 2.29. The van der Waals surface area contributed by atoms with Crippen LogP contribution in [0.4, 0.5) is 0 Å². The largest absolute Gasteiger partial charge is 0.481 e. The van der Waals surface area contributed by atoms with Crippen LogP contribution in [-0.4, -0.2) is 23.0 Å². The van der Waals surface area contributed by atoms with Crippen molar-refractivity contribution in [3.8, 4) is 0 Å². The van der Waals surface area contributed by atoms with Crippen molar-refractivity contribution in [2.45, 2.75) is 46.4 Å². The van der Waals surface area contributed by atoms with E-state index in [1.54, 1.807) is 6.07 Å². The lowest BCUT2D eigenvalue weighted by Crippen LogP contribution is -2.45. The molecule has 1 heterocycles. The van der Waals surface area contributed by atoms with Gasteiger partial charge in [-0.3, -0.25) is 9.59 Å². The van der Waals surface area contributed by atoms with Crippen molar-refractivity contribution in [2.24, 2.45) is 5.41 Å². The summed E-state index contributed by atoms with van der Waals surface area (Å²) in [5.41, 5.74) is 2.34. The van der Waals surface area contributed by atoms with Gasteiger partial charge < -0.3 is 15.2 Å². The Morgan fingerprint density at radius 1 is 1.29 bits per heavy atom.